The molecule has 0 spiro atoms. The molecule has 2 heterocycles. The number of aromatic amines is 1. The van der Waals surface area contributed by atoms with Crippen LogP contribution in [-0.4, -0.2) is 21.4 Å². The van der Waals surface area contributed by atoms with Gasteiger partial charge in [0, 0.05) is 37.5 Å². The summed E-state index contributed by atoms with van der Waals surface area (Å²) in [6.07, 6.45) is 0.511. The number of nitrogens with zero attached hydrogens (tertiary/aromatic N) is 2. The molecule has 0 bridgehead atoms. The van der Waals surface area contributed by atoms with E-state index in [1.807, 2.05) is 13.8 Å². The van der Waals surface area contributed by atoms with Gasteiger partial charge in [-0.3, -0.25) is 9.69 Å². The standard InChI is InChI=1S/C17H18F3N3O/c1-9(2)16-21-14-5-6-23(8-11(14)17(24)22-16)7-10-12(18)3-4-13(19)15(10)20/h3-4,9H,5-8H2,1-2H3,(H,21,22,24). The summed E-state index contributed by atoms with van der Waals surface area (Å²) < 4.78 is 40.9. The van der Waals surface area contributed by atoms with E-state index in [4.69, 9.17) is 0 Å². The number of H-pyrrole nitrogens is 1. The molecule has 0 unspecified atom stereocenters. The summed E-state index contributed by atoms with van der Waals surface area (Å²) in [6, 6.07) is 1.68. The van der Waals surface area contributed by atoms with E-state index in [-0.39, 0.29) is 30.1 Å². The van der Waals surface area contributed by atoms with Crippen molar-refractivity contribution < 1.29 is 13.2 Å². The first kappa shape index (κ1) is 16.7. The SMILES string of the molecule is CC(C)c1nc2c(c(=O)[nH]1)CN(Cc1c(F)ccc(F)c1F)CC2. The molecule has 1 aromatic heterocycles. The molecule has 1 aliphatic rings. The Morgan fingerprint density at radius 2 is 1.96 bits per heavy atom. The minimum atomic E-state index is -1.18. The van der Waals surface area contributed by atoms with Crippen molar-refractivity contribution >= 4 is 0 Å². The average molecular weight is 337 g/mol. The van der Waals surface area contributed by atoms with Gasteiger partial charge in [-0.25, -0.2) is 18.2 Å². The van der Waals surface area contributed by atoms with Crippen LogP contribution in [0, 0.1) is 17.5 Å². The van der Waals surface area contributed by atoms with Gasteiger partial charge in [-0.1, -0.05) is 13.8 Å². The van der Waals surface area contributed by atoms with Crippen molar-refractivity contribution in [3.05, 3.63) is 62.6 Å². The van der Waals surface area contributed by atoms with E-state index in [0.717, 1.165) is 17.8 Å². The van der Waals surface area contributed by atoms with Crippen LogP contribution in [0.25, 0.3) is 0 Å². The van der Waals surface area contributed by atoms with Crippen molar-refractivity contribution in [2.24, 2.45) is 0 Å². The van der Waals surface area contributed by atoms with Crippen LogP contribution in [0.5, 0.6) is 0 Å². The highest BCUT2D eigenvalue weighted by Crippen LogP contribution is 2.22. The van der Waals surface area contributed by atoms with Gasteiger partial charge in [0.25, 0.3) is 5.56 Å². The average Bonchev–Trinajstić information content (AvgIpc) is 2.55. The van der Waals surface area contributed by atoms with Crippen molar-refractivity contribution in [1.29, 1.82) is 0 Å². The highest BCUT2D eigenvalue weighted by molar-refractivity contribution is 5.24. The quantitative estimate of drug-likeness (QED) is 0.876. The molecule has 24 heavy (non-hydrogen) atoms. The minimum Gasteiger partial charge on any atom is -0.310 e. The lowest BCUT2D eigenvalue weighted by molar-refractivity contribution is 0.233. The first-order valence-corrected chi connectivity index (χ1v) is 7.83. The summed E-state index contributed by atoms with van der Waals surface area (Å²) in [6.45, 7) is 4.51. The Morgan fingerprint density at radius 1 is 1.25 bits per heavy atom. The summed E-state index contributed by atoms with van der Waals surface area (Å²) in [5, 5.41) is 0. The Kier molecular flexibility index (Phi) is 4.45. The third kappa shape index (κ3) is 3.08. The van der Waals surface area contributed by atoms with Crippen molar-refractivity contribution in [1.82, 2.24) is 14.9 Å². The molecule has 0 aliphatic carbocycles. The van der Waals surface area contributed by atoms with Crippen molar-refractivity contribution in [3.8, 4) is 0 Å². The molecule has 2 aromatic rings. The number of halogens is 3. The maximum absolute atomic E-state index is 13.8. The second kappa shape index (κ2) is 6.39. The fraction of sp³-hybridized carbons (Fsp3) is 0.412. The maximum Gasteiger partial charge on any atom is 0.255 e. The predicted molar refractivity (Wildman–Crippen MR) is 83.1 cm³/mol. The van der Waals surface area contributed by atoms with Gasteiger partial charge in [0.2, 0.25) is 0 Å². The molecule has 7 heteroatoms. The normalized spacial score (nSPS) is 14.9. The van der Waals surface area contributed by atoms with Crippen LogP contribution in [0.1, 0.15) is 42.4 Å². The Balaban J connectivity index is 1.86. The van der Waals surface area contributed by atoms with Crippen molar-refractivity contribution in [3.63, 3.8) is 0 Å². The van der Waals surface area contributed by atoms with E-state index >= 15 is 0 Å². The molecule has 0 saturated carbocycles. The third-order valence-electron chi connectivity index (χ3n) is 4.23. The fourth-order valence-electron chi connectivity index (χ4n) is 2.85. The second-order valence-electron chi connectivity index (χ2n) is 6.31. The van der Waals surface area contributed by atoms with Gasteiger partial charge >= 0.3 is 0 Å². The van der Waals surface area contributed by atoms with E-state index in [1.54, 1.807) is 4.90 Å². The Labute approximate surface area is 137 Å². The molecular weight excluding hydrogens is 319 g/mol. The predicted octanol–water partition coefficient (Wildman–Crippen LogP) is 2.87. The maximum atomic E-state index is 13.8. The first-order valence-electron chi connectivity index (χ1n) is 7.83. The highest BCUT2D eigenvalue weighted by atomic mass is 19.2. The van der Waals surface area contributed by atoms with Crippen molar-refractivity contribution in [2.45, 2.75) is 39.3 Å². The molecule has 0 amide bonds. The summed E-state index contributed by atoms with van der Waals surface area (Å²) >= 11 is 0. The van der Waals surface area contributed by atoms with E-state index in [1.165, 1.54) is 0 Å². The number of fused-ring (bicyclic) bond motifs is 1. The fourth-order valence-corrected chi connectivity index (χ4v) is 2.85. The van der Waals surface area contributed by atoms with Crippen LogP contribution < -0.4 is 5.56 Å². The van der Waals surface area contributed by atoms with E-state index in [9.17, 15) is 18.0 Å². The largest absolute Gasteiger partial charge is 0.310 e. The number of hydrogen-bond acceptors (Lipinski definition) is 3. The minimum absolute atomic E-state index is 0.0970. The molecule has 0 atom stereocenters. The molecule has 0 fully saturated rings. The lowest BCUT2D eigenvalue weighted by atomic mass is 10.0. The second-order valence-corrected chi connectivity index (χ2v) is 6.31. The number of benzene rings is 1. The molecule has 1 aromatic carbocycles. The lowest BCUT2D eigenvalue weighted by Gasteiger charge is -2.28. The topological polar surface area (TPSA) is 49.0 Å². The Hall–Kier alpha value is -2.15. The molecule has 3 rings (SSSR count). The van der Waals surface area contributed by atoms with Crippen LogP contribution >= 0.6 is 0 Å². The zero-order valence-corrected chi connectivity index (χ0v) is 13.5. The summed E-state index contributed by atoms with van der Waals surface area (Å²) in [5.74, 6) is -2.30. The number of aromatic nitrogens is 2. The van der Waals surface area contributed by atoms with Gasteiger partial charge in [0.05, 0.1) is 11.3 Å². The van der Waals surface area contributed by atoms with Gasteiger partial charge < -0.3 is 4.98 Å². The summed E-state index contributed by atoms with van der Waals surface area (Å²) in [7, 11) is 0. The first-order chi connectivity index (χ1) is 11.4. The molecule has 0 saturated heterocycles. The van der Waals surface area contributed by atoms with Gasteiger partial charge in [0.15, 0.2) is 11.6 Å². The zero-order valence-electron chi connectivity index (χ0n) is 13.5. The zero-order chi connectivity index (χ0) is 17.4. The number of hydrogen-bond donors (Lipinski definition) is 1. The van der Waals surface area contributed by atoms with Crippen molar-refractivity contribution in [2.75, 3.05) is 6.54 Å². The smallest absolute Gasteiger partial charge is 0.255 e. The molecular formula is C17H18F3N3O. The van der Waals surface area contributed by atoms with Gasteiger partial charge in [-0.2, -0.15) is 0 Å². The van der Waals surface area contributed by atoms with Gasteiger partial charge in [0.1, 0.15) is 11.6 Å². The molecule has 0 radical (unpaired) electrons. The lowest BCUT2D eigenvalue weighted by Crippen LogP contribution is -2.36. The molecule has 1 N–H and O–H groups in total. The molecule has 1 aliphatic heterocycles. The van der Waals surface area contributed by atoms with Crippen LogP contribution in [0.4, 0.5) is 13.2 Å². The van der Waals surface area contributed by atoms with Crippen LogP contribution in [0.15, 0.2) is 16.9 Å². The van der Waals surface area contributed by atoms with E-state index < -0.39 is 17.5 Å². The number of nitrogens with one attached hydrogen (secondary N) is 1. The highest BCUT2D eigenvalue weighted by Gasteiger charge is 2.24. The van der Waals surface area contributed by atoms with E-state index in [0.29, 0.717) is 24.4 Å². The summed E-state index contributed by atoms with van der Waals surface area (Å²) in [4.78, 5) is 21.2. The van der Waals surface area contributed by atoms with Crippen LogP contribution in [0.2, 0.25) is 0 Å². The monoisotopic (exact) mass is 337 g/mol. The van der Waals surface area contributed by atoms with Crippen LogP contribution in [0.3, 0.4) is 0 Å². The summed E-state index contributed by atoms with van der Waals surface area (Å²) in [5.41, 5.74) is 0.678. The van der Waals surface area contributed by atoms with Gasteiger partial charge in [-0.05, 0) is 12.1 Å². The van der Waals surface area contributed by atoms with Crippen LogP contribution in [-0.2, 0) is 19.5 Å². The Morgan fingerprint density at radius 3 is 2.67 bits per heavy atom. The molecule has 4 nitrogen and oxygen atoms in total. The van der Waals surface area contributed by atoms with Gasteiger partial charge in [-0.15, -0.1) is 0 Å². The number of rotatable bonds is 3. The third-order valence-corrected chi connectivity index (χ3v) is 4.23. The molecule has 128 valence electrons. The van der Waals surface area contributed by atoms with E-state index in [2.05, 4.69) is 9.97 Å². The Bertz CT molecular complexity index is 833.